The summed E-state index contributed by atoms with van der Waals surface area (Å²) in [7, 11) is 0. The number of piperazine rings is 1. The van der Waals surface area contributed by atoms with Gasteiger partial charge in [0.15, 0.2) is 0 Å². The Morgan fingerprint density at radius 1 is 1.16 bits per heavy atom. The van der Waals surface area contributed by atoms with Gasteiger partial charge in [0.05, 0.1) is 17.9 Å². The van der Waals surface area contributed by atoms with Gasteiger partial charge in [0, 0.05) is 18.8 Å². The van der Waals surface area contributed by atoms with Crippen LogP contribution in [0.15, 0.2) is 84.0 Å². The second-order valence-corrected chi connectivity index (χ2v) is 7.86. The molecule has 1 fully saturated rings. The zero-order valence-corrected chi connectivity index (χ0v) is 20.0. The smallest absolute Gasteiger partial charge is 0.322 e. The number of urea groups is 1. The van der Waals surface area contributed by atoms with Crippen molar-refractivity contribution in [3.8, 4) is 0 Å². The first-order chi connectivity index (χ1) is 15.5. The van der Waals surface area contributed by atoms with Crippen LogP contribution < -0.4 is 11.1 Å². The van der Waals surface area contributed by atoms with E-state index in [2.05, 4.69) is 47.6 Å². The Labute approximate surface area is 193 Å². The molecule has 1 aromatic rings. The van der Waals surface area contributed by atoms with Crippen LogP contribution in [-0.2, 0) is 0 Å². The first-order valence-corrected chi connectivity index (χ1v) is 11.5. The number of nitrogens with one attached hydrogen (secondary N) is 1. The number of carbonyl (C=O) groups excluding carboxylic acids is 1. The molecule has 5 nitrogen and oxygen atoms in total. The van der Waals surface area contributed by atoms with Gasteiger partial charge >= 0.3 is 6.03 Å². The summed E-state index contributed by atoms with van der Waals surface area (Å²) in [6.45, 7) is 10.3. The maximum Gasteiger partial charge on any atom is 0.322 e. The summed E-state index contributed by atoms with van der Waals surface area (Å²) >= 11 is 0. The molecule has 0 aromatic heterocycles. The molecule has 1 saturated heterocycles. The molecule has 0 atom stereocenters. The number of amides is 2. The maximum atomic E-state index is 13.0. The van der Waals surface area contributed by atoms with Crippen molar-refractivity contribution in [3.63, 3.8) is 0 Å². The van der Waals surface area contributed by atoms with Crippen LogP contribution >= 0.6 is 0 Å². The van der Waals surface area contributed by atoms with Crippen LogP contribution in [0.25, 0.3) is 5.57 Å². The Morgan fingerprint density at radius 2 is 1.91 bits per heavy atom. The topological polar surface area (TPSA) is 61.6 Å². The number of hydrogen-bond donors (Lipinski definition) is 2. The number of allylic oxidation sites excluding steroid dienone is 6. The van der Waals surface area contributed by atoms with E-state index in [0.717, 1.165) is 42.6 Å². The normalized spacial score (nSPS) is 17.4. The van der Waals surface area contributed by atoms with Crippen molar-refractivity contribution in [1.29, 1.82) is 0 Å². The molecule has 5 heteroatoms. The van der Waals surface area contributed by atoms with E-state index < -0.39 is 0 Å². The quantitative estimate of drug-likeness (QED) is 0.511. The van der Waals surface area contributed by atoms with E-state index in [0.29, 0.717) is 24.5 Å². The minimum absolute atomic E-state index is 0.124. The summed E-state index contributed by atoms with van der Waals surface area (Å²) in [6, 6.07) is 10.0. The number of hydrogen-bond acceptors (Lipinski definition) is 3. The van der Waals surface area contributed by atoms with Crippen molar-refractivity contribution >= 4 is 11.6 Å². The van der Waals surface area contributed by atoms with Gasteiger partial charge in [-0.1, -0.05) is 74.9 Å². The Bertz CT molecular complexity index is 893. The monoisotopic (exact) mass is 434 g/mol. The zero-order chi connectivity index (χ0) is 23.3. The highest BCUT2D eigenvalue weighted by atomic mass is 16.2. The Balaban J connectivity index is 2.06. The third-order valence-electron chi connectivity index (χ3n) is 5.40. The predicted octanol–water partition coefficient (Wildman–Crippen LogP) is 5.77. The fraction of sp³-hybridized carbons (Fsp3) is 0.370. The lowest BCUT2D eigenvalue weighted by atomic mass is 10.1. The SMILES string of the molecule is C/C=C1/CN(C(=O)NC(=C\CC)/C(N)=C\C=C(/C)c2ccccc2)CCN1/C=C\CCC. The third-order valence-corrected chi connectivity index (χ3v) is 5.40. The second kappa shape index (κ2) is 13.3. The minimum atomic E-state index is -0.124. The first-order valence-electron chi connectivity index (χ1n) is 11.5. The molecule has 0 aliphatic carbocycles. The van der Waals surface area contributed by atoms with Gasteiger partial charge in [0.25, 0.3) is 0 Å². The number of unbranched alkanes of at least 4 members (excludes halogenated alkanes) is 1. The molecule has 0 unspecified atom stereocenters. The van der Waals surface area contributed by atoms with Gasteiger partial charge in [-0.05, 0) is 50.1 Å². The lowest BCUT2D eigenvalue weighted by molar-refractivity contribution is 0.183. The average molecular weight is 435 g/mol. The van der Waals surface area contributed by atoms with Crippen molar-refractivity contribution < 1.29 is 4.79 Å². The summed E-state index contributed by atoms with van der Waals surface area (Å²) in [6.07, 6.45) is 15.2. The molecule has 2 rings (SSSR count). The number of rotatable bonds is 8. The summed E-state index contributed by atoms with van der Waals surface area (Å²) < 4.78 is 0. The van der Waals surface area contributed by atoms with Crippen LogP contribution in [0.1, 0.15) is 52.5 Å². The van der Waals surface area contributed by atoms with Crippen molar-refractivity contribution in [3.05, 3.63) is 89.6 Å². The summed E-state index contributed by atoms with van der Waals surface area (Å²) in [5, 5.41) is 3.02. The molecule has 172 valence electrons. The van der Waals surface area contributed by atoms with E-state index in [1.54, 1.807) is 0 Å². The molecule has 0 radical (unpaired) electrons. The fourth-order valence-corrected chi connectivity index (χ4v) is 3.45. The van der Waals surface area contributed by atoms with Gasteiger partial charge in [-0.15, -0.1) is 0 Å². The van der Waals surface area contributed by atoms with E-state index >= 15 is 0 Å². The van der Waals surface area contributed by atoms with E-state index in [4.69, 9.17) is 5.73 Å². The summed E-state index contributed by atoms with van der Waals surface area (Å²) in [4.78, 5) is 17.1. The lowest BCUT2D eigenvalue weighted by Crippen LogP contribution is -2.49. The number of benzene rings is 1. The second-order valence-electron chi connectivity index (χ2n) is 7.86. The van der Waals surface area contributed by atoms with E-state index in [1.807, 2.05) is 62.1 Å². The third kappa shape index (κ3) is 7.49. The summed E-state index contributed by atoms with van der Waals surface area (Å²) in [5.74, 6) is 0. The maximum absolute atomic E-state index is 13.0. The molecular weight excluding hydrogens is 396 g/mol. The van der Waals surface area contributed by atoms with Crippen molar-refractivity contribution in [1.82, 2.24) is 15.1 Å². The van der Waals surface area contributed by atoms with Gasteiger partial charge in [-0.25, -0.2) is 4.79 Å². The van der Waals surface area contributed by atoms with Crippen molar-refractivity contribution in [2.24, 2.45) is 5.73 Å². The fourth-order valence-electron chi connectivity index (χ4n) is 3.45. The lowest BCUT2D eigenvalue weighted by Gasteiger charge is -2.36. The molecule has 2 amide bonds. The molecule has 3 N–H and O–H groups in total. The number of nitrogens with two attached hydrogens (primary N) is 1. The molecule has 0 saturated carbocycles. The van der Waals surface area contributed by atoms with Crippen molar-refractivity contribution in [2.75, 3.05) is 19.6 Å². The van der Waals surface area contributed by atoms with Gasteiger partial charge in [0.2, 0.25) is 0 Å². The molecule has 1 heterocycles. The minimum Gasteiger partial charge on any atom is -0.397 e. The zero-order valence-electron chi connectivity index (χ0n) is 20.0. The Morgan fingerprint density at radius 3 is 2.56 bits per heavy atom. The predicted molar refractivity (Wildman–Crippen MR) is 135 cm³/mol. The molecule has 0 spiro atoms. The Hall–Kier alpha value is -3.21. The average Bonchev–Trinajstić information content (AvgIpc) is 2.82. The summed E-state index contributed by atoms with van der Waals surface area (Å²) in [5.41, 5.74) is 10.9. The van der Waals surface area contributed by atoms with Gasteiger partial charge in [0.1, 0.15) is 0 Å². The molecule has 1 aliphatic rings. The van der Waals surface area contributed by atoms with Crippen LogP contribution in [0.4, 0.5) is 4.79 Å². The standard InChI is InChI=1S/C27H38N4O/c1-5-8-12-18-30-19-20-31(21-24(30)7-3)27(32)29-26(13-6-2)25(28)17-16-22(4)23-14-10-9-11-15-23/h7,9-18H,5-6,8,19-21,28H2,1-4H3,(H,29,32)/b18-12-,22-16+,24-7-,25-17+,26-13-. The highest BCUT2D eigenvalue weighted by Crippen LogP contribution is 2.16. The molecule has 0 bridgehead atoms. The largest absolute Gasteiger partial charge is 0.397 e. The van der Waals surface area contributed by atoms with Gasteiger partial charge < -0.3 is 20.9 Å². The molecule has 32 heavy (non-hydrogen) atoms. The highest BCUT2D eigenvalue weighted by Gasteiger charge is 2.23. The van der Waals surface area contributed by atoms with E-state index in [1.165, 1.54) is 0 Å². The van der Waals surface area contributed by atoms with E-state index in [-0.39, 0.29) is 6.03 Å². The van der Waals surface area contributed by atoms with Crippen LogP contribution in [0.2, 0.25) is 0 Å². The number of nitrogens with zero attached hydrogens (tertiary/aromatic N) is 2. The molecule has 1 aromatic carbocycles. The van der Waals surface area contributed by atoms with Crippen LogP contribution in [0.5, 0.6) is 0 Å². The highest BCUT2D eigenvalue weighted by molar-refractivity contribution is 5.77. The van der Waals surface area contributed by atoms with E-state index in [9.17, 15) is 4.79 Å². The van der Waals surface area contributed by atoms with Gasteiger partial charge in [-0.3, -0.25) is 0 Å². The van der Waals surface area contributed by atoms with Crippen LogP contribution in [-0.4, -0.2) is 35.5 Å². The van der Waals surface area contributed by atoms with Crippen LogP contribution in [0.3, 0.4) is 0 Å². The van der Waals surface area contributed by atoms with Crippen molar-refractivity contribution in [2.45, 2.75) is 47.0 Å². The first kappa shape index (κ1) is 25.1. The Kier molecular flexibility index (Phi) is 10.4. The number of carbonyl (C=O) groups is 1. The van der Waals surface area contributed by atoms with Crippen LogP contribution in [0, 0.1) is 0 Å². The molecular formula is C27H38N4O. The van der Waals surface area contributed by atoms with Gasteiger partial charge in [-0.2, -0.15) is 0 Å². The molecule has 1 aliphatic heterocycles.